The molecule has 0 aliphatic rings. The zero-order valence-electron chi connectivity index (χ0n) is 9.25. The number of hydrogen-bond acceptors (Lipinski definition) is 9. The molecule has 0 fully saturated rings. The Labute approximate surface area is 154 Å². The van der Waals surface area contributed by atoms with Gasteiger partial charge in [0.15, 0.2) is 7.91 Å². The topological polar surface area (TPSA) is 88.9 Å². The fraction of sp³-hybridized carbons (Fsp3) is 0. The summed E-state index contributed by atoms with van der Waals surface area (Å²) in [4.78, 5) is 0. The molecule has 3 aromatic rings. The van der Waals surface area contributed by atoms with Gasteiger partial charge in [0.1, 0.15) is 0 Å². The van der Waals surface area contributed by atoms with Crippen LogP contribution in [0.1, 0.15) is 0 Å². The monoisotopic (exact) mass is 504 g/mol. The fourth-order valence-electron chi connectivity index (χ4n) is 0.895. The van der Waals surface area contributed by atoms with Crippen LogP contribution in [0.5, 0.6) is 0 Å². The van der Waals surface area contributed by atoms with Gasteiger partial charge >= 0.3 is 103 Å². The minimum atomic E-state index is -0.857. The van der Waals surface area contributed by atoms with E-state index in [4.69, 9.17) is 48.9 Å². The number of aromatic amines is 4. The first-order chi connectivity index (χ1) is 9.52. The van der Waals surface area contributed by atoms with Crippen LogP contribution in [-0.2, 0) is 0 Å². The van der Waals surface area contributed by atoms with Crippen molar-refractivity contribution in [2.24, 2.45) is 0 Å². The van der Waals surface area contributed by atoms with Crippen LogP contribution in [0.15, 0.2) is 0 Å². The molecule has 104 valence electrons. The Kier molecular flexibility index (Phi) is 6.78. The summed E-state index contributed by atoms with van der Waals surface area (Å²) in [5.41, 5.74) is 0. The average Bonchev–Trinajstić information content (AvgIpc) is 3.06. The predicted molar refractivity (Wildman–Crippen MR) is 94.3 cm³/mol. The van der Waals surface area contributed by atoms with Crippen LogP contribution in [0, 0.1) is 15.8 Å². The van der Waals surface area contributed by atoms with Crippen molar-refractivity contribution in [3.8, 4) is 0 Å². The van der Waals surface area contributed by atoms with E-state index in [0.717, 1.165) is 14.0 Å². The van der Waals surface area contributed by atoms with E-state index in [1.165, 1.54) is 34.0 Å². The van der Waals surface area contributed by atoms with Gasteiger partial charge in [-0.2, -0.15) is 0 Å². The number of rotatable bonds is 2. The van der Waals surface area contributed by atoms with Gasteiger partial charge < -0.3 is 0 Å². The van der Waals surface area contributed by atoms with Gasteiger partial charge in [0.05, 0.1) is 0 Å². The Morgan fingerprint density at radius 3 is 1.40 bits per heavy atom. The van der Waals surface area contributed by atoms with Gasteiger partial charge in [0.2, 0.25) is 0 Å². The van der Waals surface area contributed by atoms with E-state index in [1.807, 2.05) is 0 Å². The summed E-state index contributed by atoms with van der Waals surface area (Å²) in [7, 11) is 0. The van der Waals surface area contributed by atoms with Gasteiger partial charge in [-0.15, -0.1) is 0 Å². The van der Waals surface area contributed by atoms with Crippen LogP contribution in [0.2, 0.25) is 0 Å². The van der Waals surface area contributed by atoms with Crippen LogP contribution >= 0.6 is 82.9 Å². The van der Waals surface area contributed by atoms with Crippen molar-refractivity contribution in [3.05, 3.63) is 15.8 Å². The Morgan fingerprint density at radius 2 is 1.15 bits per heavy atom. The Morgan fingerprint density at radius 1 is 0.700 bits per heavy atom. The third-order valence-corrected chi connectivity index (χ3v) is 9.60. The fourth-order valence-corrected chi connectivity index (χ4v) is 10.2. The third-order valence-electron chi connectivity index (χ3n) is 1.54. The number of H-pyrrole nitrogens is 4. The van der Waals surface area contributed by atoms with Crippen molar-refractivity contribution in [1.82, 2.24) is 30.6 Å². The molecule has 0 atom stereocenters. The summed E-state index contributed by atoms with van der Waals surface area (Å²) >= 11 is 22.8. The third kappa shape index (κ3) is 5.63. The molecule has 3 aromatic heterocycles. The van der Waals surface area contributed by atoms with E-state index in [0.29, 0.717) is 7.91 Å². The van der Waals surface area contributed by atoms with E-state index in [2.05, 4.69) is 30.6 Å². The van der Waals surface area contributed by atoms with E-state index >= 15 is 0 Å². The molecule has 0 spiro atoms. The van der Waals surface area contributed by atoms with Crippen molar-refractivity contribution < 1.29 is 0 Å². The second-order valence-corrected chi connectivity index (χ2v) is 14.1. The maximum atomic E-state index is 4.94. The Bertz CT molecular complexity index is 817. The molecule has 20 heavy (non-hydrogen) atoms. The van der Waals surface area contributed by atoms with Crippen molar-refractivity contribution in [2.75, 3.05) is 0 Å². The van der Waals surface area contributed by atoms with Crippen molar-refractivity contribution in [3.63, 3.8) is 0 Å². The molecular weight excluding hydrogens is 499 g/mol. The van der Waals surface area contributed by atoms with E-state index in [9.17, 15) is 0 Å². The van der Waals surface area contributed by atoms with Crippen LogP contribution < -0.4 is 6.05 Å². The molecule has 14 heteroatoms. The second kappa shape index (κ2) is 8.11. The first-order valence-electron chi connectivity index (χ1n) is 4.69. The standard InChI is InChI=1S/C2H2N2S3.2C2HN2S2.Sn/c5-1-3-4-2(6)7-1;2*5-2-4-3-1-6-2;/h(H,3,5)(H,4,6);2*(H,4,5);. The SMILES string of the molecule is S=c1[nH][nH]c(=S)s1.S=c1[nH]n[c]([Sn][c]2n[nH]c(=S)s2)s1. The van der Waals surface area contributed by atoms with Crippen molar-refractivity contribution >= 4 is 110 Å². The molecule has 0 unspecified atom stereocenters. The summed E-state index contributed by atoms with van der Waals surface area (Å²) in [6, 6.07) is 0. The first kappa shape index (κ1) is 16.7. The normalized spacial score (nSPS) is 10.0. The van der Waals surface area contributed by atoms with E-state index < -0.39 is 21.1 Å². The molecule has 0 bridgehead atoms. The molecule has 0 aromatic carbocycles. The molecule has 4 N–H and O–H groups in total. The summed E-state index contributed by atoms with van der Waals surface area (Å²) < 4.78 is 5.07. The molecule has 0 saturated carbocycles. The first-order valence-corrected chi connectivity index (χ1v) is 11.6. The number of nitrogens with one attached hydrogen (secondary N) is 4. The van der Waals surface area contributed by atoms with Gasteiger partial charge in [0, 0.05) is 0 Å². The van der Waals surface area contributed by atoms with Crippen LogP contribution in [-0.4, -0.2) is 51.7 Å². The molecule has 0 amide bonds. The molecule has 6 nitrogen and oxygen atoms in total. The van der Waals surface area contributed by atoms with Crippen LogP contribution in [0.4, 0.5) is 0 Å². The van der Waals surface area contributed by atoms with Crippen molar-refractivity contribution in [2.45, 2.75) is 0 Å². The van der Waals surface area contributed by atoms with E-state index in [1.54, 1.807) is 0 Å². The molecule has 3 rings (SSSR count). The predicted octanol–water partition coefficient (Wildman–Crippen LogP) is 2.23. The second-order valence-electron chi connectivity index (χ2n) is 2.89. The Hall–Kier alpha value is 0.359. The van der Waals surface area contributed by atoms with Gasteiger partial charge in [-0.25, -0.2) is 0 Å². The van der Waals surface area contributed by atoms with Gasteiger partial charge in [-0.05, 0) is 24.4 Å². The summed E-state index contributed by atoms with van der Waals surface area (Å²) in [6.45, 7) is 0. The van der Waals surface area contributed by atoms with Gasteiger partial charge in [0.25, 0.3) is 0 Å². The number of hydrogen-bond donors (Lipinski definition) is 4. The quantitative estimate of drug-likeness (QED) is 0.317. The zero-order chi connectivity index (χ0) is 14.5. The van der Waals surface area contributed by atoms with Gasteiger partial charge in [-0.1, -0.05) is 11.3 Å². The van der Waals surface area contributed by atoms with Crippen LogP contribution in [0.3, 0.4) is 0 Å². The molecule has 2 radical (unpaired) electrons. The average molecular weight is 503 g/mol. The zero-order valence-corrected chi connectivity index (χ0v) is 17.8. The molecule has 3 heterocycles. The molecular formula is C6H4N6S7Sn. The maximum absolute atomic E-state index is 4.94. The summed E-state index contributed by atoms with van der Waals surface area (Å²) in [6.07, 6.45) is 0. The molecule has 0 saturated heterocycles. The van der Waals surface area contributed by atoms with Crippen molar-refractivity contribution in [1.29, 1.82) is 0 Å². The number of aromatic nitrogens is 6. The number of nitrogens with zero attached hydrogens (tertiary/aromatic N) is 2. The van der Waals surface area contributed by atoms with Gasteiger partial charge in [-0.3, -0.25) is 10.2 Å². The summed E-state index contributed by atoms with van der Waals surface area (Å²) in [5, 5.41) is 19.1. The summed E-state index contributed by atoms with van der Waals surface area (Å²) in [5.74, 6) is 0. The Balaban J connectivity index is 0.000000178. The molecule has 0 aliphatic heterocycles. The van der Waals surface area contributed by atoms with Crippen LogP contribution in [0.25, 0.3) is 0 Å². The minimum absolute atomic E-state index is 0.699. The van der Waals surface area contributed by atoms with E-state index in [-0.39, 0.29) is 0 Å². The molecule has 0 aliphatic carbocycles.